The average Bonchev–Trinajstić information content (AvgIpc) is 2.46. The van der Waals surface area contributed by atoms with Gasteiger partial charge in [0.1, 0.15) is 0 Å². The molecule has 0 aliphatic heterocycles. The van der Waals surface area contributed by atoms with Crippen molar-refractivity contribution in [1.29, 1.82) is 0 Å². The smallest absolute Gasteiger partial charge is 0.0270 e. The highest BCUT2D eigenvalue weighted by molar-refractivity contribution is 5.10. The van der Waals surface area contributed by atoms with Gasteiger partial charge in [-0.15, -0.1) is 0 Å². The predicted octanol–water partition coefficient (Wildman–Crippen LogP) is 2.33. The average molecular weight is 261 g/mol. The molecule has 1 aliphatic carbocycles. The summed E-state index contributed by atoms with van der Waals surface area (Å²) in [7, 11) is 4.37. The summed E-state index contributed by atoms with van der Waals surface area (Å²) in [6.45, 7) is 3.51. The molecule has 0 saturated heterocycles. The molecular weight excluding hydrogens is 234 g/mol. The van der Waals surface area contributed by atoms with Gasteiger partial charge >= 0.3 is 0 Å². The van der Waals surface area contributed by atoms with Crippen molar-refractivity contribution >= 4 is 0 Å². The molecular formula is C16H27N3. The fourth-order valence-corrected chi connectivity index (χ4v) is 3.20. The van der Waals surface area contributed by atoms with Crippen molar-refractivity contribution in [3.63, 3.8) is 0 Å². The van der Waals surface area contributed by atoms with Crippen molar-refractivity contribution in [2.24, 2.45) is 5.92 Å². The zero-order chi connectivity index (χ0) is 13.7. The van der Waals surface area contributed by atoms with Gasteiger partial charge in [-0.25, -0.2) is 0 Å². The van der Waals surface area contributed by atoms with Crippen LogP contribution >= 0.6 is 0 Å². The van der Waals surface area contributed by atoms with E-state index < -0.39 is 0 Å². The van der Waals surface area contributed by atoms with E-state index >= 15 is 0 Å². The normalized spacial score (nSPS) is 27.7. The maximum atomic E-state index is 4.07. The van der Waals surface area contributed by atoms with Crippen molar-refractivity contribution in [3.05, 3.63) is 30.1 Å². The monoisotopic (exact) mass is 261 g/mol. The van der Waals surface area contributed by atoms with E-state index in [0.717, 1.165) is 18.9 Å². The van der Waals surface area contributed by atoms with Crippen LogP contribution in [0.3, 0.4) is 0 Å². The second kappa shape index (κ2) is 7.01. The molecule has 3 heteroatoms. The highest BCUT2D eigenvalue weighted by Gasteiger charge is 2.30. The molecule has 0 aromatic carbocycles. The van der Waals surface area contributed by atoms with Gasteiger partial charge in [-0.3, -0.25) is 4.98 Å². The Hall–Kier alpha value is -0.930. The molecule has 2 rings (SSSR count). The van der Waals surface area contributed by atoms with Gasteiger partial charge in [0.2, 0.25) is 0 Å². The number of hydrogen-bond donors (Lipinski definition) is 1. The Morgan fingerprint density at radius 3 is 2.74 bits per heavy atom. The number of hydrogen-bond acceptors (Lipinski definition) is 3. The first-order valence-corrected chi connectivity index (χ1v) is 7.47. The number of rotatable bonds is 5. The quantitative estimate of drug-likeness (QED) is 0.882. The summed E-state index contributed by atoms with van der Waals surface area (Å²) in [4.78, 5) is 6.61. The van der Waals surface area contributed by atoms with Crippen molar-refractivity contribution in [2.75, 3.05) is 20.6 Å². The van der Waals surface area contributed by atoms with Gasteiger partial charge in [0.25, 0.3) is 0 Å². The molecule has 3 unspecified atom stereocenters. The van der Waals surface area contributed by atoms with E-state index in [0.29, 0.717) is 12.1 Å². The van der Waals surface area contributed by atoms with E-state index in [-0.39, 0.29) is 0 Å². The molecule has 1 aromatic heterocycles. The zero-order valence-electron chi connectivity index (χ0n) is 12.5. The number of nitrogens with zero attached hydrogens (tertiary/aromatic N) is 2. The lowest BCUT2D eigenvalue weighted by atomic mass is 9.82. The van der Waals surface area contributed by atoms with Crippen LogP contribution in [0.1, 0.15) is 31.7 Å². The van der Waals surface area contributed by atoms with Gasteiger partial charge in [-0.2, -0.15) is 0 Å². The van der Waals surface area contributed by atoms with E-state index in [9.17, 15) is 0 Å². The Balaban J connectivity index is 1.88. The Morgan fingerprint density at radius 2 is 2.05 bits per heavy atom. The predicted molar refractivity (Wildman–Crippen MR) is 80.2 cm³/mol. The molecule has 1 aliphatic rings. The molecule has 106 valence electrons. The van der Waals surface area contributed by atoms with Gasteiger partial charge in [0, 0.05) is 31.0 Å². The first kappa shape index (κ1) is 14.5. The van der Waals surface area contributed by atoms with E-state index in [1.54, 1.807) is 0 Å². The number of likely N-dealkylation sites (N-methyl/N-ethyl adjacent to an activating group) is 2. The third-order valence-electron chi connectivity index (χ3n) is 4.52. The van der Waals surface area contributed by atoms with Gasteiger partial charge < -0.3 is 10.2 Å². The van der Waals surface area contributed by atoms with Crippen LogP contribution < -0.4 is 5.32 Å². The Morgan fingerprint density at radius 1 is 1.32 bits per heavy atom. The van der Waals surface area contributed by atoms with Crippen LogP contribution in [-0.4, -0.2) is 42.6 Å². The van der Waals surface area contributed by atoms with Gasteiger partial charge in [0.15, 0.2) is 0 Å². The molecule has 1 aromatic rings. The summed E-state index contributed by atoms with van der Waals surface area (Å²) >= 11 is 0. The number of nitrogens with one attached hydrogen (secondary N) is 1. The molecule has 1 heterocycles. The SMILES string of the molecule is CNC1CCC(C)CC1N(C)CCc1ccncc1. The number of pyridine rings is 1. The van der Waals surface area contributed by atoms with Gasteiger partial charge in [-0.1, -0.05) is 6.92 Å². The lowest BCUT2D eigenvalue weighted by Crippen LogP contribution is -2.51. The lowest BCUT2D eigenvalue weighted by molar-refractivity contribution is 0.129. The van der Waals surface area contributed by atoms with Crippen LogP contribution in [0.4, 0.5) is 0 Å². The molecule has 3 atom stereocenters. The Labute approximate surface area is 117 Å². The first-order chi connectivity index (χ1) is 9.20. The highest BCUT2D eigenvalue weighted by Crippen LogP contribution is 2.27. The third-order valence-corrected chi connectivity index (χ3v) is 4.52. The van der Waals surface area contributed by atoms with Crippen molar-refractivity contribution < 1.29 is 0 Å². The molecule has 1 saturated carbocycles. The minimum atomic E-state index is 0.652. The van der Waals surface area contributed by atoms with E-state index in [2.05, 4.69) is 48.4 Å². The van der Waals surface area contributed by atoms with Crippen molar-refractivity contribution in [2.45, 2.75) is 44.7 Å². The molecule has 0 spiro atoms. The zero-order valence-corrected chi connectivity index (χ0v) is 12.5. The fraction of sp³-hybridized carbons (Fsp3) is 0.688. The van der Waals surface area contributed by atoms with Crippen LogP contribution in [0.25, 0.3) is 0 Å². The standard InChI is InChI=1S/C16H27N3/c1-13-4-5-15(17-2)16(12-13)19(3)11-8-14-6-9-18-10-7-14/h6-7,9-10,13,15-17H,4-5,8,11-12H2,1-3H3. The molecule has 19 heavy (non-hydrogen) atoms. The topological polar surface area (TPSA) is 28.2 Å². The van der Waals surface area contributed by atoms with Crippen molar-refractivity contribution in [1.82, 2.24) is 15.2 Å². The third kappa shape index (κ3) is 4.02. The van der Waals surface area contributed by atoms with Crippen LogP contribution in [-0.2, 0) is 6.42 Å². The molecule has 0 bridgehead atoms. The summed E-state index contributed by atoms with van der Waals surface area (Å²) in [5, 5.41) is 3.50. The van der Waals surface area contributed by atoms with Crippen LogP contribution in [0.5, 0.6) is 0 Å². The van der Waals surface area contributed by atoms with E-state index in [1.165, 1.54) is 24.8 Å². The Kier molecular flexibility index (Phi) is 5.34. The van der Waals surface area contributed by atoms with E-state index in [1.807, 2.05) is 12.4 Å². The molecule has 3 nitrogen and oxygen atoms in total. The van der Waals surface area contributed by atoms with E-state index in [4.69, 9.17) is 0 Å². The lowest BCUT2D eigenvalue weighted by Gasteiger charge is -2.40. The van der Waals surface area contributed by atoms with Gasteiger partial charge in [0.05, 0.1) is 0 Å². The molecule has 1 fully saturated rings. The minimum Gasteiger partial charge on any atom is -0.315 e. The summed E-state index contributed by atoms with van der Waals surface area (Å²) in [6, 6.07) is 5.56. The summed E-state index contributed by atoms with van der Waals surface area (Å²) in [5.74, 6) is 0.859. The fourth-order valence-electron chi connectivity index (χ4n) is 3.20. The summed E-state index contributed by atoms with van der Waals surface area (Å²) < 4.78 is 0. The summed E-state index contributed by atoms with van der Waals surface area (Å²) in [6.07, 6.45) is 8.86. The van der Waals surface area contributed by atoms with Crippen LogP contribution in [0, 0.1) is 5.92 Å². The number of aromatic nitrogens is 1. The molecule has 1 N–H and O–H groups in total. The van der Waals surface area contributed by atoms with Crippen LogP contribution in [0.15, 0.2) is 24.5 Å². The van der Waals surface area contributed by atoms with Crippen LogP contribution in [0.2, 0.25) is 0 Å². The molecule has 0 amide bonds. The van der Waals surface area contributed by atoms with Crippen molar-refractivity contribution in [3.8, 4) is 0 Å². The Bertz CT molecular complexity index is 366. The second-order valence-electron chi connectivity index (χ2n) is 5.97. The molecule has 0 radical (unpaired) electrons. The second-order valence-corrected chi connectivity index (χ2v) is 5.97. The summed E-state index contributed by atoms with van der Waals surface area (Å²) in [5.41, 5.74) is 1.38. The minimum absolute atomic E-state index is 0.652. The maximum Gasteiger partial charge on any atom is 0.0270 e. The first-order valence-electron chi connectivity index (χ1n) is 7.47. The van der Waals surface area contributed by atoms with Gasteiger partial charge in [-0.05, 0) is 63.4 Å². The highest BCUT2D eigenvalue weighted by atomic mass is 15.2. The maximum absolute atomic E-state index is 4.07. The largest absolute Gasteiger partial charge is 0.315 e.